The zero-order valence-corrected chi connectivity index (χ0v) is 18.3. The lowest BCUT2D eigenvalue weighted by Gasteiger charge is -2.20. The molecule has 3 rings (SSSR count). The summed E-state index contributed by atoms with van der Waals surface area (Å²) >= 11 is 1.33. The van der Waals surface area contributed by atoms with Gasteiger partial charge in [-0.15, -0.1) is 5.10 Å². The highest BCUT2D eigenvalue weighted by molar-refractivity contribution is 7.99. The van der Waals surface area contributed by atoms with Gasteiger partial charge in [0.1, 0.15) is 0 Å². The van der Waals surface area contributed by atoms with Crippen molar-refractivity contribution in [1.29, 1.82) is 0 Å². The van der Waals surface area contributed by atoms with Gasteiger partial charge in [0, 0.05) is 5.69 Å². The van der Waals surface area contributed by atoms with E-state index in [2.05, 4.69) is 66.7 Å². The van der Waals surface area contributed by atoms with Crippen LogP contribution in [0.2, 0.25) is 0 Å². The summed E-state index contributed by atoms with van der Waals surface area (Å²) in [5, 5.41) is 15.6. The fraction of sp³-hybridized carbons (Fsp3) is 0.364. The van der Waals surface area contributed by atoms with E-state index in [9.17, 15) is 4.79 Å². The van der Waals surface area contributed by atoms with Crippen LogP contribution in [0.3, 0.4) is 0 Å². The molecule has 0 spiro atoms. The Labute approximate surface area is 176 Å². The lowest BCUT2D eigenvalue weighted by Crippen LogP contribution is -2.18. The van der Waals surface area contributed by atoms with Crippen LogP contribution in [0.1, 0.15) is 56.2 Å². The van der Waals surface area contributed by atoms with Crippen molar-refractivity contribution in [2.24, 2.45) is 0 Å². The van der Waals surface area contributed by atoms with Gasteiger partial charge in [-0.1, -0.05) is 69.8 Å². The van der Waals surface area contributed by atoms with Gasteiger partial charge < -0.3 is 5.32 Å². The van der Waals surface area contributed by atoms with Crippen LogP contribution in [0.4, 0.5) is 5.69 Å². The Bertz CT molecular complexity index is 970. The number of hydrogen-bond acceptors (Lipinski definition) is 5. The summed E-state index contributed by atoms with van der Waals surface area (Å²) in [6, 6.07) is 14.2. The molecule has 0 atom stereocenters. The predicted molar refractivity (Wildman–Crippen MR) is 118 cm³/mol. The first-order valence-electron chi connectivity index (χ1n) is 9.77. The van der Waals surface area contributed by atoms with E-state index in [1.165, 1.54) is 11.8 Å². The summed E-state index contributed by atoms with van der Waals surface area (Å²) in [5.41, 5.74) is 5.24. The van der Waals surface area contributed by atoms with Crippen LogP contribution in [0, 0.1) is 6.92 Å². The molecule has 0 bridgehead atoms. The van der Waals surface area contributed by atoms with E-state index in [-0.39, 0.29) is 11.7 Å². The summed E-state index contributed by atoms with van der Waals surface area (Å²) < 4.78 is 1.66. The Hall–Kier alpha value is -2.67. The van der Waals surface area contributed by atoms with Gasteiger partial charge in [0.25, 0.3) is 0 Å². The maximum Gasteiger partial charge on any atom is 0.234 e. The number of benzene rings is 2. The third-order valence-electron chi connectivity index (χ3n) is 4.66. The quantitative estimate of drug-likeness (QED) is 0.559. The SMILES string of the molecule is Cc1cccc(-n2nnnc2SCC(=O)Nc2c(C(C)C)cccc2C(C)C)c1. The van der Waals surface area contributed by atoms with Crippen molar-refractivity contribution < 1.29 is 4.79 Å². The minimum atomic E-state index is -0.0659. The van der Waals surface area contributed by atoms with Crippen LogP contribution in [-0.4, -0.2) is 31.9 Å². The zero-order valence-electron chi connectivity index (χ0n) is 17.5. The van der Waals surface area contributed by atoms with Gasteiger partial charge in [0.15, 0.2) is 0 Å². The second-order valence-corrected chi connectivity index (χ2v) is 8.61. The average Bonchev–Trinajstić information content (AvgIpc) is 3.15. The number of anilines is 1. The highest BCUT2D eigenvalue weighted by Crippen LogP contribution is 2.32. The van der Waals surface area contributed by atoms with E-state index in [1.54, 1.807) is 4.68 Å². The molecule has 152 valence electrons. The molecule has 0 aliphatic carbocycles. The summed E-state index contributed by atoms with van der Waals surface area (Å²) in [4.78, 5) is 12.7. The highest BCUT2D eigenvalue weighted by Gasteiger charge is 2.17. The number of rotatable bonds is 7. The third kappa shape index (κ3) is 5.03. The number of carbonyl (C=O) groups is 1. The Kier molecular flexibility index (Phi) is 6.69. The number of hydrogen-bond donors (Lipinski definition) is 1. The molecule has 29 heavy (non-hydrogen) atoms. The van der Waals surface area contributed by atoms with Gasteiger partial charge >= 0.3 is 0 Å². The number of aryl methyl sites for hydroxylation is 1. The monoisotopic (exact) mass is 409 g/mol. The summed E-state index contributed by atoms with van der Waals surface area (Å²) in [6.07, 6.45) is 0. The molecule has 0 aliphatic heterocycles. The van der Waals surface area contributed by atoms with Gasteiger partial charge in [-0.25, -0.2) is 0 Å². The molecule has 0 fully saturated rings. The van der Waals surface area contributed by atoms with Crippen molar-refractivity contribution >= 4 is 23.4 Å². The zero-order chi connectivity index (χ0) is 21.0. The van der Waals surface area contributed by atoms with E-state index >= 15 is 0 Å². The molecule has 2 aromatic carbocycles. The second-order valence-electron chi connectivity index (χ2n) is 7.67. The van der Waals surface area contributed by atoms with Crippen molar-refractivity contribution in [3.8, 4) is 5.69 Å². The number of thioether (sulfide) groups is 1. The molecule has 0 aliphatic rings. The molecule has 1 heterocycles. The maximum absolute atomic E-state index is 12.7. The van der Waals surface area contributed by atoms with Gasteiger partial charge in [-0.3, -0.25) is 4.79 Å². The first-order chi connectivity index (χ1) is 13.9. The normalized spacial score (nSPS) is 11.3. The minimum Gasteiger partial charge on any atom is -0.325 e. The van der Waals surface area contributed by atoms with Crippen molar-refractivity contribution in [1.82, 2.24) is 20.2 Å². The molecule has 1 N–H and O–H groups in total. The van der Waals surface area contributed by atoms with E-state index in [0.717, 1.165) is 28.1 Å². The number of para-hydroxylation sites is 1. The molecule has 6 nitrogen and oxygen atoms in total. The fourth-order valence-electron chi connectivity index (χ4n) is 3.19. The van der Waals surface area contributed by atoms with Crippen LogP contribution in [0.5, 0.6) is 0 Å². The van der Waals surface area contributed by atoms with Crippen molar-refractivity contribution in [2.45, 2.75) is 51.6 Å². The topological polar surface area (TPSA) is 72.7 Å². The van der Waals surface area contributed by atoms with E-state index in [4.69, 9.17) is 0 Å². The Morgan fingerprint density at radius 3 is 2.34 bits per heavy atom. The smallest absolute Gasteiger partial charge is 0.234 e. The molecular weight excluding hydrogens is 382 g/mol. The van der Waals surface area contributed by atoms with Crippen LogP contribution >= 0.6 is 11.8 Å². The molecule has 3 aromatic rings. The molecule has 1 amide bonds. The largest absolute Gasteiger partial charge is 0.325 e. The van der Waals surface area contributed by atoms with Gasteiger partial charge in [0.05, 0.1) is 11.4 Å². The molecule has 0 saturated heterocycles. The number of nitrogens with one attached hydrogen (secondary N) is 1. The molecule has 1 aromatic heterocycles. The lowest BCUT2D eigenvalue weighted by atomic mass is 9.92. The number of tetrazole rings is 1. The van der Waals surface area contributed by atoms with E-state index < -0.39 is 0 Å². The molecule has 0 unspecified atom stereocenters. The Morgan fingerprint density at radius 1 is 1.07 bits per heavy atom. The molecule has 0 radical (unpaired) electrons. The number of aromatic nitrogens is 4. The van der Waals surface area contributed by atoms with Gasteiger partial charge in [0.2, 0.25) is 11.1 Å². The second kappa shape index (κ2) is 9.22. The van der Waals surface area contributed by atoms with Crippen LogP contribution < -0.4 is 5.32 Å². The van der Waals surface area contributed by atoms with Crippen LogP contribution in [-0.2, 0) is 4.79 Å². The number of nitrogens with zero attached hydrogens (tertiary/aromatic N) is 4. The van der Waals surface area contributed by atoms with E-state index in [1.807, 2.05) is 31.2 Å². The molecule has 0 saturated carbocycles. The third-order valence-corrected chi connectivity index (χ3v) is 5.58. The van der Waals surface area contributed by atoms with E-state index in [0.29, 0.717) is 17.0 Å². The highest BCUT2D eigenvalue weighted by atomic mass is 32.2. The summed E-state index contributed by atoms with van der Waals surface area (Å²) in [7, 11) is 0. The maximum atomic E-state index is 12.7. The lowest BCUT2D eigenvalue weighted by molar-refractivity contribution is -0.113. The standard InChI is InChI=1S/C22H27N5OS/c1-14(2)18-10-7-11-19(15(3)4)21(18)23-20(28)13-29-22-24-25-26-27(22)17-9-6-8-16(5)12-17/h6-12,14-15H,13H2,1-5H3,(H,23,28). The van der Waals surface area contributed by atoms with Crippen molar-refractivity contribution in [3.05, 3.63) is 59.2 Å². The Balaban J connectivity index is 1.75. The van der Waals surface area contributed by atoms with Crippen LogP contribution in [0.25, 0.3) is 5.69 Å². The minimum absolute atomic E-state index is 0.0659. The summed E-state index contributed by atoms with van der Waals surface area (Å²) in [6.45, 7) is 10.6. The molecular formula is C22H27N5OS. The average molecular weight is 410 g/mol. The Morgan fingerprint density at radius 2 is 1.72 bits per heavy atom. The van der Waals surface area contributed by atoms with Gasteiger partial charge in [-0.2, -0.15) is 4.68 Å². The van der Waals surface area contributed by atoms with Crippen molar-refractivity contribution in [2.75, 3.05) is 11.1 Å². The number of carbonyl (C=O) groups excluding carboxylic acids is 1. The van der Waals surface area contributed by atoms with Crippen LogP contribution in [0.15, 0.2) is 47.6 Å². The first-order valence-corrected chi connectivity index (χ1v) is 10.8. The fourth-order valence-corrected chi connectivity index (χ4v) is 3.88. The predicted octanol–water partition coefficient (Wildman–Crippen LogP) is 4.95. The summed E-state index contributed by atoms with van der Waals surface area (Å²) in [5.74, 6) is 0.815. The van der Waals surface area contributed by atoms with Gasteiger partial charge in [-0.05, 0) is 58.0 Å². The first kappa shape index (κ1) is 21.0. The number of amides is 1. The molecule has 7 heteroatoms. The van der Waals surface area contributed by atoms with Crippen molar-refractivity contribution in [3.63, 3.8) is 0 Å².